The summed E-state index contributed by atoms with van der Waals surface area (Å²) < 4.78 is 11.7. The Kier molecular flexibility index (Phi) is 5.75. The van der Waals surface area contributed by atoms with Crippen LogP contribution in [0.15, 0.2) is 30.3 Å². The molecule has 1 saturated carbocycles. The van der Waals surface area contributed by atoms with Gasteiger partial charge in [0, 0.05) is 38.3 Å². The zero-order valence-corrected chi connectivity index (χ0v) is 15.4. The van der Waals surface area contributed by atoms with Crippen LogP contribution in [0.25, 0.3) is 0 Å². The van der Waals surface area contributed by atoms with E-state index < -0.39 is 0 Å². The first kappa shape index (κ1) is 17.8. The molecule has 26 heavy (non-hydrogen) atoms. The molecule has 2 aliphatic heterocycles. The van der Waals surface area contributed by atoms with Crippen LogP contribution in [-0.4, -0.2) is 54.8 Å². The molecule has 1 amide bonds. The van der Waals surface area contributed by atoms with Crippen LogP contribution < -0.4 is 10.1 Å². The molecule has 3 fully saturated rings. The van der Waals surface area contributed by atoms with Gasteiger partial charge in [0.15, 0.2) is 0 Å². The molecule has 1 aromatic carbocycles. The Labute approximate surface area is 156 Å². The fourth-order valence-electron chi connectivity index (χ4n) is 4.64. The molecule has 1 N–H and O–H groups in total. The van der Waals surface area contributed by atoms with E-state index in [0.717, 1.165) is 57.6 Å². The number of likely N-dealkylation sites (tertiary alicyclic amines) is 1. The van der Waals surface area contributed by atoms with Crippen molar-refractivity contribution in [1.82, 2.24) is 10.2 Å². The predicted molar refractivity (Wildman–Crippen MR) is 100 cm³/mol. The van der Waals surface area contributed by atoms with Crippen LogP contribution in [0.3, 0.4) is 0 Å². The molecule has 2 heterocycles. The molecule has 1 aliphatic carbocycles. The van der Waals surface area contributed by atoms with Crippen molar-refractivity contribution in [2.24, 2.45) is 0 Å². The second kappa shape index (κ2) is 8.40. The summed E-state index contributed by atoms with van der Waals surface area (Å²) >= 11 is 0. The van der Waals surface area contributed by atoms with Crippen molar-refractivity contribution < 1.29 is 14.3 Å². The van der Waals surface area contributed by atoms with Gasteiger partial charge in [-0.3, -0.25) is 9.69 Å². The van der Waals surface area contributed by atoms with Crippen LogP contribution in [0.2, 0.25) is 0 Å². The summed E-state index contributed by atoms with van der Waals surface area (Å²) in [5.74, 6) is 1.09. The molecule has 2 atom stereocenters. The SMILES string of the molecule is O=C(NC1CCCC1)[C@@H]1C[C@H](Oc2ccccc2)CN1C1CCOCC1. The minimum Gasteiger partial charge on any atom is -0.489 e. The summed E-state index contributed by atoms with van der Waals surface area (Å²) in [5.41, 5.74) is 0. The van der Waals surface area contributed by atoms with E-state index in [9.17, 15) is 4.79 Å². The number of nitrogens with zero attached hydrogens (tertiary/aromatic N) is 1. The number of ether oxygens (including phenoxy) is 2. The number of carbonyl (C=O) groups excluding carboxylic acids is 1. The molecule has 5 nitrogen and oxygen atoms in total. The van der Waals surface area contributed by atoms with Gasteiger partial charge in [-0.1, -0.05) is 31.0 Å². The molecule has 4 rings (SSSR count). The van der Waals surface area contributed by atoms with Gasteiger partial charge in [0.2, 0.25) is 5.91 Å². The van der Waals surface area contributed by atoms with Crippen molar-refractivity contribution in [3.05, 3.63) is 30.3 Å². The van der Waals surface area contributed by atoms with E-state index in [0.29, 0.717) is 12.1 Å². The zero-order valence-electron chi connectivity index (χ0n) is 15.4. The number of hydrogen-bond acceptors (Lipinski definition) is 4. The molecular formula is C21H30N2O3. The van der Waals surface area contributed by atoms with E-state index in [1.165, 1.54) is 12.8 Å². The normalized spacial score (nSPS) is 28.3. The number of para-hydroxylation sites is 1. The lowest BCUT2D eigenvalue weighted by molar-refractivity contribution is -0.127. The Hall–Kier alpha value is -1.59. The predicted octanol–water partition coefficient (Wildman–Crippen LogP) is 2.75. The fourth-order valence-corrected chi connectivity index (χ4v) is 4.64. The Morgan fingerprint density at radius 1 is 1.08 bits per heavy atom. The summed E-state index contributed by atoms with van der Waals surface area (Å²) in [7, 11) is 0. The van der Waals surface area contributed by atoms with E-state index in [1.807, 2.05) is 30.3 Å². The summed E-state index contributed by atoms with van der Waals surface area (Å²) in [6, 6.07) is 10.7. The Bertz CT molecular complexity index is 582. The molecule has 0 radical (unpaired) electrons. The first-order valence-corrected chi connectivity index (χ1v) is 10.1. The largest absolute Gasteiger partial charge is 0.489 e. The summed E-state index contributed by atoms with van der Waals surface area (Å²) in [6.45, 7) is 2.41. The molecule has 2 saturated heterocycles. The van der Waals surface area contributed by atoms with Crippen molar-refractivity contribution in [3.63, 3.8) is 0 Å². The lowest BCUT2D eigenvalue weighted by Gasteiger charge is -2.35. The number of benzene rings is 1. The highest BCUT2D eigenvalue weighted by Crippen LogP contribution is 2.29. The zero-order chi connectivity index (χ0) is 17.8. The van der Waals surface area contributed by atoms with Gasteiger partial charge in [0.25, 0.3) is 0 Å². The van der Waals surface area contributed by atoms with Gasteiger partial charge in [-0.05, 0) is 37.8 Å². The third-order valence-electron chi connectivity index (χ3n) is 6.01. The second-order valence-corrected chi connectivity index (χ2v) is 7.83. The highest BCUT2D eigenvalue weighted by atomic mass is 16.5. The molecule has 0 unspecified atom stereocenters. The minimum absolute atomic E-state index is 0.0690. The molecule has 1 aromatic rings. The van der Waals surface area contributed by atoms with E-state index in [2.05, 4.69) is 10.2 Å². The lowest BCUT2D eigenvalue weighted by atomic mass is 10.1. The van der Waals surface area contributed by atoms with Gasteiger partial charge in [-0.25, -0.2) is 0 Å². The number of carbonyl (C=O) groups is 1. The van der Waals surface area contributed by atoms with Crippen molar-refractivity contribution in [3.8, 4) is 5.75 Å². The first-order chi connectivity index (χ1) is 12.8. The average molecular weight is 358 g/mol. The van der Waals surface area contributed by atoms with Crippen molar-refractivity contribution >= 4 is 5.91 Å². The smallest absolute Gasteiger partial charge is 0.237 e. The Morgan fingerprint density at radius 2 is 1.81 bits per heavy atom. The molecule has 142 valence electrons. The summed E-state index contributed by atoms with van der Waals surface area (Å²) in [5, 5.41) is 3.31. The second-order valence-electron chi connectivity index (χ2n) is 7.83. The Balaban J connectivity index is 1.43. The average Bonchev–Trinajstić information content (AvgIpc) is 3.33. The maximum atomic E-state index is 13.0. The van der Waals surface area contributed by atoms with Crippen LogP contribution in [0.5, 0.6) is 5.75 Å². The number of rotatable bonds is 5. The highest BCUT2D eigenvalue weighted by Gasteiger charge is 2.42. The molecule has 0 bridgehead atoms. The Morgan fingerprint density at radius 3 is 2.54 bits per heavy atom. The maximum absolute atomic E-state index is 13.0. The van der Waals surface area contributed by atoms with E-state index in [-0.39, 0.29) is 18.1 Å². The topological polar surface area (TPSA) is 50.8 Å². The number of hydrogen-bond donors (Lipinski definition) is 1. The van der Waals surface area contributed by atoms with Crippen molar-refractivity contribution in [2.45, 2.75) is 69.2 Å². The van der Waals surface area contributed by atoms with Crippen LogP contribution in [0.1, 0.15) is 44.9 Å². The van der Waals surface area contributed by atoms with Crippen molar-refractivity contribution in [1.29, 1.82) is 0 Å². The lowest BCUT2D eigenvalue weighted by Crippen LogP contribution is -2.51. The quantitative estimate of drug-likeness (QED) is 0.879. The third kappa shape index (κ3) is 4.21. The fraction of sp³-hybridized carbons (Fsp3) is 0.667. The van der Waals surface area contributed by atoms with Gasteiger partial charge in [-0.15, -0.1) is 0 Å². The molecule has 0 spiro atoms. The van der Waals surface area contributed by atoms with Crippen LogP contribution in [0, 0.1) is 0 Å². The van der Waals surface area contributed by atoms with E-state index >= 15 is 0 Å². The summed E-state index contributed by atoms with van der Waals surface area (Å²) in [4.78, 5) is 15.4. The van der Waals surface area contributed by atoms with E-state index in [1.54, 1.807) is 0 Å². The van der Waals surface area contributed by atoms with Crippen LogP contribution in [0.4, 0.5) is 0 Å². The third-order valence-corrected chi connectivity index (χ3v) is 6.01. The van der Waals surface area contributed by atoms with Gasteiger partial charge in [-0.2, -0.15) is 0 Å². The first-order valence-electron chi connectivity index (χ1n) is 10.1. The molecule has 5 heteroatoms. The number of nitrogens with one attached hydrogen (secondary N) is 1. The highest BCUT2D eigenvalue weighted by molar-refractivity contribution is 5.82. The van der Waals surface area contributed by atoms with Gasteiger partial charge < -0.3 is 14.8 Å². The standard InChI is InChI=1S/C21H30N2O3/c24-21(22-16-6-4-5-7-16)20-14-19(26-18-8-2-1-3-9-18)15-23(20)17-10-12-25-13-11-17/h1-3,8-9,16-17,19-20H,4-7,10-15H2,(H,22,24)/t19-,20-/m0/s1. The van der Waals surface area contributed by atoms with Gasteiger partial charge in [0.05, 0.1) is 6.04 Å². The van der Waals surface area contributed by atoms with Gasteiger partial charge in [0.1, 0.15) is 11.9 Å². The molecule has 0 aromatic heterocycles. The van der Waals surface area contributed by atoms with Crippen LogP contribution >= 0.6 is 0 Å². The summed E-state index contributed by atoms with van der Waals surface area (Å²) in [6.07, 6.45) is 7.57. The van der Waals surface area contributed by atoms with E-state index in [4.69, 9.17) is 9.47 Å². The van der Waals surface area contributed by atoms with Gasteiger partial charge >= 0.3 is 0 Å². The number of amides is 1. The van der Waals surface area contributed by atoms with Crippen molar-refractivity contribution in [2.75, 3.05) is 19.8 Å². The molecule has 3 aliphatic rings. The molecular weight excluding hydrogens is 328 g/mol. The monoisotopic (exact) mass is 358 g/mol. The minimum atomic E-state index is -0.0765. The maximum Gasteiger partial charge on any atom is 0.237 e. The van der Waals surface area contributed by atoms with Crippen LogP contribution in [-0.2, 0) is 9.53 Å².